The van der Waals surface area contributed by atoms with Gasteiger partial charge in [-0.15, -0.1) is 0 Å². The van der Waals surface area contributed by atoms with E-state index in [1.165, 1.54) is 0 Å². The third-order valence-electron chi connectivity index (χ3n) is 3.56. The molecule has 2 nitrogen and oxygen atoms in total. The molecule has 0 spiro atoms. The molecule has 2 aliphatic carbocycles. The minimum atomic E-state index is -0.0542. The molecule has 0 amide bonds. The van der Waals surface area contributed by atoms with E-state index in [9.17, 15) is 10.2 Å². The van der Waals surface area contributed by atoms with E-state index in [2.05, 4.69) is 0 Å². The van der Waals surface area contributed by atoms with Crippen LogP contribution in [0.25, 0.3) is 0 Å². The highest BCUT2D eigenvalue weighted by Crippen LogP contribution is 2.40. The summed E-state index contributed by atoms with van der Waals surface area (Å²) in [5.41, 5.74) is 0. The predicted octanol–water partition coefficient (Wildman–Crippen LogP) is 1.31. The summed E-state index contributed by atoms with van der Waals surface area (Å²) in [7, 11) is 0. The second-order valence-electron chi connectivity index (χ2n) is 4.45. The van der Waals surface area contributed by atoms with Gasteiger partial charge >= 0.3 is 0 Å². The van der Waals surface area contributed by atoms with Gasteiger partial charge in [0.05, 0.1) is 12.2 Å². The topological polar surface area (TPSA) is 40.5 Å². The van der Waals surface area contributed by atoms with E-state index >= 15 is 0 Å². The fourth-order valence-corrected chi connectivity index (χ4v) is 2.84. The van der Waals surface area contributed by atoms with E-state index in [0.29, 0.717) is 11.8 Å². The summed E-state index contributed by atoms with van der Waals surface area (Å²) in [4.78, 5) is 0. The van der Waals surface area contributed by atoms with Crippen LogP contribution in [0, 0.1) is 11.8 Å². The Morgan fingerprint density at radius 2 is 1.08 bits per heavy atom. The van der Waals surface area contributed by atoms with Gasteiger partial charge in [0.2, 0.25) is 0 Å². The molecule has 4 atom stereocenters. The number of rotatable bonds is 0. The molecule has 2 heteroatoms. The zero-order valence-electron chi connectivity index (χ0n) is 7.45. The van der Waals surface area contributed by atoms with Crippen LogP contribution in [0.4, 0.5) is 0 Å². The molecule has 2 aliphatic rings. The summed E-state index contributed by atoms with van der Waals surface area (Å²) >= 11 is 0. The Balaban J connectivity index is 1.94. The Hall–Kier alpha value is -0.0800. The Kier molecular flexibility index (Phi) is 2.37. The second kappa shape index (κ2) is 3.35. The molecule has 12 heavy (non-hydrogen) atoms. The average Bonchev–Trinajstić information content (AvgIpc) is 2.05. The number of aliphatic hydroxyl groups excluding tert-OH is 2. The lowest BCUT2D eigenvalue weighted by Crippen LogP contribution is -2.34. The van der Waals surface area contributed by atoms with Gasteiger partial charge in [-0.25, -0.2) is 0 Å². The second-order valence-corrected chi connectivity index (χ2v) is 4.45. The van der Waals surface area contributed by atoms with Crippen LogP contribution in [0.1, 0.15) is 38.5 Å². The van der Waals surface area contributed by atoms with Crippen LogP contribution in [0.3, 0.4) is 0 Å². The van der Waals surface area contributed by atoms with Crippen molar-refractivity contribution >= 4 is 0 Å². The first-order valence-corrected chi connectivity index (χ1v) is 5.12. The zero-order chi connectivity index (χ0) is 8.55. The lowest BCUT2D eigenvalue weighted by molar-refractivity contribution is 0.00480. The lowest BCUT2D eigenvalue weighted by atomic mass is 9.69. The molecule has 0 aliphatic heterocycles. The molecule has 0 saturated heterocycles. The Morgan fingerprint density at radius 3 is 1.50 bits per heavy atom. The number of hydrogen-bond donors (Lipinski definition) is 2. The third-order valence-corrected chi connectivity index (χ3v) is 3.56. The summed E-state index contributed by atoms with van der Waals surface area (Å²) < 4.78 is 0. The molecule has 70 valence electrons. The van der Waals surface area contributed by atoms with Crippen molar-refractivity contribution in [3.63, 3.8) is 0 Å². The Morgan fingerprint density at radius 1 is 0.667 bits per heavy atom. The SMILES string of the molecule is O[C@@H]1CCC2C[C@@H](O)CCC2C1. The normalized spacial score (nSPS) is 48.5. The average molecular weight is 170 g/mol. The highest BCUT2D eigenvalue weighted by Gasteiger charge is 2.34. The van der Waals surface area contributed by atoms with Crippen molar-refractivity contribution in [1.29, 1.82) is 0 Å². The number of hydrogen-bond acceptors (Lipinski definition) is 2. The van der Waals surface area contributed by atoms with Crippen LogP contribution in [-0.2, 0) is 0 Å². The molecule has 0 aromatic rings. The third kappa shape index (κ3) is 1.64. The van der Waals surface area contributed by atoms with Crippen LogP contribution in [0.2, 0.25) is 0 Å². The maximum atomic E-state index is 9.45. The molecule has 2 fully saturated rings. The molecule has 0 aromatic heterocycles. The van der Waals surface area contributed by atoms with Gasteiger partial charge in [-0.1, -0.05) is 0 Å². The largest absolute Gasteiger partial charge is 0.393 e. The van der Waals surface area contributed by atoms with Crippen molar-refractivity contribution < 1.29 is 10.2 Å². The van der Waals surface area contributed by atoms with Gasteiger partial charge in [0.1, 0.15) is 0 Å². The molecule has 0 radical (unpaired) electrons. The van der Waals surface area contributed by atoms with E-state index in [-0.39, 0.29) is 12.2 Å². The smallest absolute Gasteiger partial charge is 0.0543 e. The number of fused-ring (bicyclic) bond motifs is 1. The van der Waals surface area contributed by atoms with Crippen molar-refractivity contribution in [1.82, 2.24) is 0 Å². The summed E-state index contributed by atoms with van der Waals surface area (Å²) in [5, 5.41) is 18.9. The summed E-state index contributed by atoms with van der Waals surface area (Å²) in [5.74, 6) is 1.41. The predicted molar refractivity (Wildman–Crippen MR) is 46.7 cm³/mol. The molecule has 0 bridgehead atoms. The van der Waals surface area contributed by atoms with Gasteiger partial charge in [0.15, 0.2) is 0 Å². The maximum Gasteiger partial charge on any atom is 0.0543 e. The fourth-order valence-electron chi connectivity index (χ4n) is 2.84. The molecular weight excluding hydrogens is 152 g/mol. The Labute approximate surface area is 73.6 Å². The molecule has 2 unspecified atom stereocenters. The molecule has 2 N–H and O–H groups in total. The minimum absolute atomic E-state index is 0.0542. The first-order chi connectivity index (χ1) is 5.75. The van der Waals surface area contributed by atoms with Crippen molar-refractivity contribution in [2.75, 3.05) is 0 Å². The van der Waals surface area contributed by atoms with Gasteiger partial charge in [-0.2, -0.15) is 0 Å². The molecular formula is C10H18O2. The van der Waals surface area contributed by atoms with E-state index < -0.39 is 0 Å². The van der Waals surface area contributed by atoms with Crippen LogP contribution < -0.4 is 0 Å². The van der Waals surface area contributed by atoms with Crippen molar-refractivity contribution in [3.05, 3.63) is 0 Å². The summed E-state index contributed by atoms with van der Waals surface area (Å²) in [6.07, 6.45) is 6.02. The monoisotopic (exact) mass is 170 g/mol. The fraction of sp³-hybridized carbons (Fsp3) is 1.00. The summed E-state index contributed by atoms with van der Waals surface area (Å²) in [6.45, 7) is 0. The lowest BCUT2D eigenvalue weighted by Gasteiger charge is -2.39. The highest BCUT2D eigenvalue weighted by molar-refractivity contribution is 4.85. The standard InChI is InChI=1S/C10H18O2/c11-9-3-1-7-5-10(12)4-2-8(7)6-9/h7-12H,1-6H2/t7?,8?,9-,10+. The maximum absolute atomic E-state index is 9.45. The first kappa shape index (κ1) is 8.52. The van der Waals surface area contributed by atoms with Crippen LogP contribution in [0.15, 0.2) is 0 Å². The van der Waals surface area contributed by atoms with Crippen LogP contribution in [-0.4, -0.2) is 22.4 Å². The van der Waals surface area contributed by atoms with E-state index in [0.717, 1.165) is 38.5 Å². The molecule has 0 aromatic carbocycles. The molecule has 2 saturated carbocycles. The zero-order valence-corrected chi connectivity index (χ0v) is 7.45. The number of aliphatic hydroxyl groups is 2. The summed E-state index contributed by atoms with van der Waals surface area (Å²) in [6, 6.07) is 0. The Bertz CT molecular complexity index is 140. The molecule has 0 heterocycles. The van der Waals surface area contributed by atoms with Gasteiger partial charge in [-0.3, -0.25) is 0 Å². The van der Waals surface area contributed by atoms with Gasteiger partial charge in [-0.05, 0) is 50.4 Å². The van der Waals surface area contributed by atoms with Crippen LogP contribution >= 0.6 is 0 Å². The van der Waals surface area contributed by atoms with Crippen LogP contribution in [0.5, 0.6) is 0 Å². The van der Waals surface area contributed by atoms with E-state index in [1.54, 1.807) is 0 Å². The van der Waals surface area contributed by atoms with E-state index in [1.807, 2.05) is 0 Å². The van der Waals surface area contributed by atoms with Crippen molar-refractivity contribution in [2.24, 2.45) is 11.8 Å². The van der Waals surface area contributed by atoms with Crippen molar-refractivity contribution in [2.45, 2.75) is 50.7 Å². The quantitative estimate of drug-likeness (QED) is 0.575. The minimum Gasteiger partial charge on any atom is -0.393 e. The van der Waals surface area contributed by atoms with Gasteiger partial charge in [0, 0.05) is 0 Å². The van der Waals surface area contributed by atoms with Gasteiger partial charge < -0.3 is 10.2 Å². The highest BCUT2D eigenvalue weighted by atomic mass is 16.3. The van der Waals surface area contributed by atoms with Crippen molar-refractivity contribution in [3.8, 4) is 0 Å². The first-order valence-electron chi connectivity index (χ1n) is 5.12. The van der Waals surface area contributed by atoms with Gasteiger partial charge in [0.25, 0.3) is 0 Å². The van der Waals surface area contributed by atoms with E-state index in [4.69, 9.17) is 0 Å². The molecule has 2 rings (SSSR count).